The molecule has 0 spiro atoms. The van der Waals surface area contributed by atoms with Crippen LogP contribution in [0.5, 0.6) is 11.5 Å². The van der Waals surface area contributed by atoms with E-state index >= 15 is 0 Å². The number of aliphatic hydroxyl groups excluding tert-OH is 1. The maximum atomic E-state index is 12.6. The molecule has 0 fully saturated rings. The number of alkyl halides is 3. The summed E-state index contributed by atoms with van der Waals surface area (Å²) in [6.45, 7) is -0.242. The molecule has 9 heteroatoms. The lowest BCUT2D eigenvalue weighted by molar-refractivity contribution is -0.274. The van der Waals surface area contributed by atoms with E-state index < -0.39 is 6.36 Å². The summed E-state index contributed by atoms with van der Waals surface area (Å²) in [5.74, 6) is 0.305. The molecule has 0 aliphatic rings. The molecule has 0 bridgehead atoms. The number of methoxy groups -OCH3 is 1. The van der Waals surface area contributed by atoms with Gasteiger partial charge in [-0.25, -0.2) is 9.97 Å². The zero-order valence-corrected chi connectivity index (χ0v) is 13.5. The molecular weight excluding hydrogens is 351 g/mol. The summed E-state index contributed by atoms with van der Waals surface area (Å²) in [5.41, 5.74) is 1.13. The van der Waals surface area contributed by atoms with Crippen molar-refractivity contribution in [3.63, 3.8) is 0 Å². The molecule has 0 aliphatic heterocycles. The summed E-state index contributed by atoms with van der Waals surface area (Å²) < 4.78 is 47.0. The van der Waals surface area contributed by atoms with E-state index in [1.54, 1.807) is 18.2 Å². The molecule has 0 aliphatic carbocycles. The highest BCUT2D eigenvalue weighted by molar-refractivity contribution is 5.92. The summed E-state index contributed by atoms with van der Waals surface area (Å²) in [7, 11) is 1.45. The normalized spacial score (nSPS) is 11.4. The number of hydrogen-bond donors (Lipinski definition) is 2. The number of halogens is 3. The first-order valence-electron chi connectivity index (χ1n) is 7.45. The van der Waals surface area contributed by atoms with Gasteiger partial charge in [-0.3, -0.25) is 0 Å². The highest BCUT2D eigenvalue weighted by Gasteiger charge is 2.32. The number of aromatic nitrogens is 2. The van der Waals surface area contributed by atoms with Crippen molar-refractivity contribution < 1.29 is 27.8 Å². The quantitative estimate of drug-likeness (QED) is 0.717. The van der Waals surface area contributed by atoms with Crippen molar-refractivity contribution >= 4 is 22.4 Å². The SMILES string of the molecule is COc1cc2c(Nc3ccccc3OC(F)(F)F)ncnc2cc1CO. The van der Waals surface area contributed by atoms with E-state index in [9.17, 15) is 18.3 Å². The van der Waals surface area contributed by atoms with E-state index in [1.807, 2.05) is 0 Å². The predicted octanol–water partition coefficient (Wildman–Crippen LogP) is 3.77. The Hall–Kier alpha value is -3.07. The van der Waals surface area contributed by atoms with Crippen LogP contribution >= 0.6 is 0 Å². The number of ether oxygens (including phenoxy) is 2. The fraction of sp³-hybridized carbons (Fsp3) is 0.176. The molecule has 1 aromatic heterocycles. The molecule has 2 aromatic carbocycles. The Morgan fingerprint density at radius 3 is 2.58 bits per heavy atom. The third kappa shape index (κ3) is 3.77. The van der Waals surface area contributed by atoms with Crippen LogP contribution in [0.1, 0.15) is 5.56 Å². The van der Waals surface area contributed by atoms with Gasteiger partial charge in [-0.1, -0.05) is 12.1 Å². The van der Waals surface area contributed by atoms with Gasteiger partial charge >= 0.3 is 6.36 Å². The Morgan fingerprint density at radius 2 is 1.88 bits per heavy atom. The third-order valence-corrected chi connectivity index (χ3v) is 3.57. The van der Waals surface area contributed by atoms with Crippen molar-refractivity contribution in [2.24, 2.45) is 0 Å². The first kappa shape index (κ1) is 17.7. The number of nitrogens with zero attached hydrogens (tertiary/aromatic N) is 2. The molecule has 0 unspecified atom stereocenters. The van der Waals surface area contributed by atoms with Gasteiger partial charge in [0.05, 0.1) is 24.9 Å². The molecule has 3 aromatic rings. The molecule has 0 amide bonds. The second-order valence-electron chi connectivity index (χ2n) is 5.23. The van der Waals surface area contributed by atoms with E-state index in [-0.39, 0.29) is 23.9 Å². The summed E-state index contributed by atoms with van der Waals surface area (Å²) in [5, 5.41) is 12.7. The molecule has 3 rings (SSSR count). The van der Waals surface area contributed by atoms with Crippen molar-refractivity contribution in [3.05, 3.63) is 48.3 Å². The summed E-state index contributed by atoms with van der Waals surface area (Å²) >= 11 is 0. The monoisotopic (exact) mass is 365 g/mol. The molecule has 136 valence electrons. The average Bonchev–Trinajstić information content (AvgIpc) is 2.61. The van der Waals surface area contributed by atoms with E-state index in [0.29, 0.717) is 22.2 Å². The van der Waals surface area contributed by atoms with Crippen LogP contribution < -0.4 is 14.8 Å². The fourth-order valence-electron chi connectivity index (χ4n) is 2.45. The van der Waals surface area contributed by atoms with Gasteiger partial charge in [0.2, 0.25) is 0 Å². The van der Waals surface area contributed by atoms with Crippen molar-refractivity contribution in [1.82, 2.24) is 9.97 Å². The highest BCUT2D eigenvalue weighted by Crippen LogP contribution is 2.34. The minimum Gasteiger partial charge on any atom is -0.496 e. The zero-order valence-electron chi connectivity index (χ0n) is 13.5. The van der Waals surface area contributed by atoms with Crippen molar-refractivity contribution in [1.29, 1.82) is 0 Å². The van der Waals surface area contributed by atoms with E-state index in [0.717, 1.165) is 0 Å². The van der Waals surface area contributed by atoms with Gasteiger partial charge < -0.3 is 19.9 Å². The first-order chi connectivity index (χ1) is 12.4. The molecule has 0 saturated carbocycles. The Kier molecular flexibility index (Phi) is 4.81. The topological polar surface area (TPSA) is 76.5 Å². The number of aliphatic hydroxyl groups is 1. The van der Waals surface area contributed by atoms with Crippen molar-refractivity contribution in [2.75, 3.05) is 12.4 Å². The molecular formula is C17H14F3N3O3. The van der Waals surface area contributed by atoms with Gasteiger partial charge in [-0.2, -0.15) is 0 Å². The summed E-state index contributed by atoms with van der Waals surface area (Å²) in [6.07, 6.45) is -3.55. The van der Waals surface area contributed by atoms with E-state index in [2.05, 4.69) is 20.0 Å². The fourth-order valence-corrected chi connectivity index (χ4v) is 2.45. The molecule has 0 radical (unpaired) electrons. The number of para-hydroxylation sites is 2. The molecule has 6 nitrogen and oxygen atoms in total. The van der Waals surface area contributed by atoms with Crippen molar-refractivity contribution in [3.8, 4) is 11.5 Å². The van der Waals surface area contributed by atoms with Crippen LogP contribution in [0, 0.1) is 0 Å². The van der Waals surface area contributed by atoms with Gasteiger partial charge in [0.25, 0.3) is 0 Å². The summed E-state index contributed by atoms with van der Waals surface area (Å²) in [6, 6.07) is 8.87. The van der Waals surface area contributed by atoms with Crippen LogP contribution in [-0.4, -0.2) is 28.5 Å². The second kappa shape index (κ2) is 7.04. The Bertz CT molecular complexity index is 932. The maximum absolute atomic E-state index is 12.6. The molecule has 1 heterocycles. The van der Waals surface area contributed by atoms with Gasteiger partial charge in [-0.15, -0.1) is 13.2 Å². The Labute approximate surface area is 146 Å². The number of benzene rings is 2. The average molecular weight is 365 g/mol. The summed E-state index contributed by atoms with van der Waals surface area (Å²) in [4.78, 5) is 8.21. The van der Waals surface area contributed by atoms with Crippen LogP contribution in [-0.2, 0) is 6.61 Å². The largest absolute Gasteiger partial charge is 0.573 e. The Balaban J connectivity index is 2.05. The number of anilines is 2. The predicted molar refractivity (Wildman–Crippen MR) is 88.4 cm³/mol. The minimum atomic E-state index is -4.81. The van der Waals surface area contributed by atoms with E-state index in [1.165, 1.54) is 31.6 Å². The maximum Gasteiger partial charge on any atom is 0.573 e. The van der Waals surface area contributed by atoms with Gasteiger partial charge in [0.1, 0.15) is 17.9 Å². The molecule has 0 saturated heterocycles. The molecule has 26 heavy (non-hydrogen) atoms. The minimum absolute atomic E-state index is 0.0926. The number of hydrogen-bond acceptors (Lipinski definition) is 6. The number of nitrogens with one attached hydrogen (secondary N) is 1. The third-order valence-electron chi connectivity index (χ3n) is 3.57. The lowest BCUT2D eigenvalue weighted by atomic mass is 10.1. The van der Waals surface area contributed by atoms with Gasteiger partial charge in [0, 0.05) is 10.9 Å². The Morgan fingerprint density at radius 1 is 1.12 bits per heavy atom. The van der Waals surface area contributed by atoms with Gasteiger partial charge in [0.15, 0.2) is 5.75 Å². The lowest BCUT2D eigenvalue weighted by Gasteiger charge is -2.15. The van der Waals surface area contributed by atoms with Crippen LogP contribution in [0.15, 0.2) is 42.7 Å². The van der Waals surface area contributed by atoms with Gasteiger partial charge in [-0.05, 0) is 24.3 Å². The van der Waals surface area contributed by atoms with Crippen LogP contribution in [0.3, 0.4) is 0 Å². The van der Waals surface area contributed by atoms with Crippen LogP contribution in [0.25, 0.3) is 10.9 Å². The number of fused-ring (bicyclic) bond motifs is 1. The zero-order chi connectivity index (χ0) is 18.7. The van der Waals surface area contributed by atoms with Crippen LogP contribution in [0.4, 0.5) is 24.7 Å². The van der Waals surface area contributed by atoms with Crippen molar-refractivity contribution in [2.45, 2.75) is 13.0 Å². The molecule has 2 N–H and O–H groups in total. The molecule has 0 atom stereocenters. The standard InChI is InChI=1S/C17H14F3N3O3/c1-25-15-7-11-13(6-10(15)8-24)21-9-22-16(11)23-12-4-2-3-5-14(12)26-17(18,19)20/h2-7,9,24H,8H2,1H3,(H,21,22,23). The first-order valence-corrected chi connectivity index (χ1v) is 7.45. The van der Waals surface area contributed by atoms with E-state index in [4.69, 9.17) is 4.74 Å². The van der Waals surface area contributed by atoms with Crippen LogP contribution in [0.2, 0.25) is 0 Å². The highest BCUT2D eigenvalue weighted by atomic mass is 19.4. The second-order valence-corrected chi connectivity index (χ2v) is 5.23. The smallest absolute Gasteiger partial charge is 0.496 e. The number of rotatable bonds is 5. The lowest BCUT2D eigenvalue weighted by Crippen LogP contribution is -2.17.